The number of amides is 1. The maximum Gasteiger partial charge on any atom is 0.408 e. The van der Waals surface area contributed by atoms with Crippen LogP contribution in [-0.4, -0.2) is 28.1 Å². The minimum atomic E-state index is -0.521. The van der Waals surface area contributed by atoms with E-state index in [0.717, 1.165) is 21.8 Å². The third-order valence-electron chi connectivity index (χ3n) is 3.21. The first-order valence-corrected chi connectivity index (χ1v) is 7.94. The average Bonchev–Trinajstić information content (AvgIpc) is 3.04. The van der Waals surface area contributed by atoms with Gasteiger partial charge < -0.3 is 14.8 Å². The zero-order valence-corrected chi connectivity index (χ0v) is 13.9. The molecule has 6 nitrogen and oxygen atoms in total. The first-order valence-electron chi connectivity index (χ1n) is 7.06. The van der Waals surface area contributed by atoms with Gasteiger partial charge in [-0.1, -0.05) is 0 Å². The second-order valence-corrected chi connectivity index (χ2v) is 7.13. The van der Waals surface area contributed by atoms with Gasteiger partial charge >= 0.3 is 6.09 Å². The van der Waals surface area contributed by atoms with E-state index in [4.69, 9.17) is 9.47 Å². The SMILES string of the molecule is Cn1cc(-c2scc3c2C(NC(=O)OC(C)(C)C)CO3)cn1. The topological polar surface area (TPSA) is 65.4 Å². The van der Waals surface area contributed by atoms with Crippen molar-refractivity contribution in [3.63, 3.8) is 0 Å². The molecule has 1 aliphatic rings. The number of nitrogens with zero attached hydrogens (tertiary/aromatic N) is 2. The van der Waals surface area contributed by atoms with Crippen molar-refractivity contribution < 1.29 is 14.3 Å². The molecule has 1 atom stereocenters. The number of rotatable bonds is 2. The summed E-state index contributed by atoms with van der Waals surface area (Å²) in [6.07, 6.45) is 3.33. The number of carbonyl (C=O) groups is 1. The smallest absolute Gasteiger partial charge is 0.408 e. The summed E-state index contributed by atoms with van der Waals surface area (Å²) >= 11 is 1.59. The fourth-order valence-electron chi connectivity index (χ4n) is 2.38. The summed E-state index contributed by atoms with van der Waals surface area (Å²) in [6, 6.07) is -0.202. The summed E-state index contributed by atoms with van der Waals surface area (Å²) in [7, 11) is 1.88. The molecule has 22 heavy (non-hydrogen) atoms. The molecule has 118 valence electrons. The predicted molar refractivity (Wildman–Crippen MR) is 84.1 cm³/mol. The molecule has 0 fully saturated rings. The minimum absolute atomic E-state index is 0.202. The van der Waals surface area contributed by atoms with E-state index in [0.29, 0.717) is 6.61 Å². The van der Waals surface area contributed by atoms with Gasteiger partial charge in [0.2, 0.25) is 0 Å². The first kappa shape index (κ1) is 14.9. The van der Waals surface area contributed by atoms with Crippen molar-refractivity contribution >= 4 is 17.4 Å². The van der Waals surface area contributed by atoms with Gasteiger partial charge in [-0.25, -0.2) is 4.79 Å². The lowest BCUT2D eigenvalue weighted by atomic mass is 10.1. The minimum Gasteiger partial charge on any atom is -0.490 e. The summed E-state index contributed by atoms with van der Waals surface area (Å²) in [5, 5.41) is 9.06. The van der Waals surface area contributed by atoms with Crippen LogP contribution in [0.25, 0.3) is 10.4 Å². The normalized spacial score (nSPS) is 17.0. The number of carbonyl (C=O) groups excluding carboxylic acids is 1. The van der Waals surface area contributed by atoms with Crippen LogP contribution >= 0.6 is 11.3 Å². The average molecular weight is 321 g/mol. The maximum absolute atomic E-state index is 12.0. The van der Waals surface area contributed by atoms with Gasteiger partial charge in [0, 0.05) is 34.6 Å². The van der Waals surface area contributed by atoms with Crippen molar-refractivity contribution in [2.45, 2.75) is 32.4 Å². The van der Waals surface area contributed by atoms with Crippen molar-refractivity contribution in [2.24, 2.45) is 7.05 Å². The summed E-state index contributed by atoms with van der Waals surface area (Å²) in [5.74, 6) is 0.824. The van der Waals surface area contributed by atoms with Crippen LogP contribution in [0.3, 0.4) is 0 Å². The van der Waals surface area contributed by atoms with Crippen LogP contribution in [0.4, 0.5) is 4.79 Å². The molecule has 7 heteroatoms. The zero-order chi connectivity index (χ0) is 15.9. The number of aromatic nitrogens is 2. The fourth-order valence-corrected chi connectivity index (χ4v) is 3.41. The van der Waals surface area contributed by atoms with Crippen molar-refractivity contribution in [2.75, 3.05) is 6.61 Å². The highest BCUT2D eigenvalue weighted by Crippen LogP contribution is 2.44. The Kier molecular flexibility index (Phi) is 3.60. The highest BCUT2D eigenvalue weighted by Gasteiger charge is 2.32. The Morgan fingerprint density at radius 3 is 2.95 bits per heavy atom. The van der Waals surface area contributed by atoms with Gasteiger partial charge in [-0.15, -0.1) is 11.3 Å². The Labute approximate surface area is 133 Å². The summed E-state index contributed by atoms with van der Waals surface area (Å²) in [4.78, 5) is 13.1. The third-order valence-corrected chi connectivity index (χ3v) is 4.23. The molecular weight excluding hydrogens is 302 g/mol. The van der Waals surface area contributed by atoms with E-state index in [1.54, 1.807) is 16.0 Å². The molecule has 0 saturated carbocycles. The molecule has 2 aromatic heterocycles. The number of hydrogen-bond donors (Lipinski definition) is 1. The predicted octanol–water partition coefficient (Wildman–Crippen LogP) is 3.11. The van der Waals surface area contributed by atoms with Gasteiger partial charge in [0.25, 0.3) is 0 Å². The van der Waals surface area contributed by atoms with E-state index in [1.165, 1.54) is 0 Å². The van der Waals surface area contributed by atoms with Crippen LogP contribution in [0.2, 0.25) is 0 Å². The van der Waals surface area contributed by atoms with Gasteiger partial charge in [-0.3, -0.25) is 4.68 Å². The van der Waals surface area contributed by atoms with Crippen LogP contribution in [0.15, 0.2) is 17.8 Å². The van der Waals surface area contributed by atoms with E-state index in [9.17, 15) is 4.79 Å². The lowest BCUT2D eigenvalue weighted by Gasteiger charge is -2.21. The van der Waals surface area contributed by atoms with Crippen molar-refractivity contribution in [3.05, 3.63) is 23.3 Å². The lowest BCUT2D eigenvalue weighted by Crippen LogP contribution is -2.35. The number of ether oxygens (including phenoxy) is 2. The second kappa shape index (κ2) is 5.31. The maximum atomic E-state index is 12.0. The number of alkyl carbamates (subject to hydrolysis) is 1. The number of hydrogen-bond acceptors (Lipinski definition) is 5. The molecule has 0 radical (unpaired) electrons. The van der Waals surface area contributed by atoms with E-state index in [2.05, 4.69) is 10.4 Å². The molecule has 0 saturated heterocycles. The molecule has 0 spiro atoms. The van der Waals surface area contributed by atoms with Crippen molar-refractivity contribution in [1.82, 2.24) is 15.1 Å². The van der Waals surface area contributed by atoms with Crippen LogP contribution in [0.5, 0.6) is 5.75 Å². The van der Waals surface area contributed by atoms with Crippen LogP contribution < -0.4 is 10.1 Å². The Balaban J connectivity index is 1.82. The second-order valence-electron chi connectivity index (χ2n) is 6.26. The third kappa shape index (κ3) is 2.94. The van der Waals surface area contributed by atoms with Crippen LogP contribution in [-0.2, 0) is 11.8 Å². The van der Waals surface area contributed by atoms with Gasteiger partial charge in [0.15, 0.2) is 0 Å². The van der Waals surface area contributed by atoms with Crippen LogP contribution in [0.1, 0.15) is 32.4 Å². The highest BCUT2D eigenvalue weighted by molar-refractivity contribution is 7.14. The molecule has 1 aliphatic heterocycles. The Bertz CT molecular complexity index is 699. The zero-order valence-electron chi connectivity index (χ0n) is 13.0. The van der Waals surface area contributed by atoms with Crippen LogP contribution in [0, 0.1) is 0 Å². The van der Waals surface area contributed by atoms with Gasteiger partial charge in [0.05, 0.1) is 12.2 Å². The molecule has 1 amide bonds. The molecular formula is C15H19N3O3S. The monoisotopic (exact) mass is 321 g/mol. The molecule has 0 aromatic carbocycles. The number of nitrogens with one attached hydrogen (secondary N) is 1. The molecule has 1 N–H and O–H groups in total. The Hall–Kier alpha value is -2.02. The highest BCUT2D eigenvalue weighted by atomic mass is 32.1. The molecule has 3 rings (SSSR count). The summed E-state index contributed by atoms with van der Waals surface area (Å²) in [6.45, 7) is 5.95. The number of fused-ring (bicyclic) bond motifs is 1. The first-order chi connectivity index (χ1) is 10.3. The summed E-state index contributed by atoms with van der Waals surface area (Å²) in [5.41, 5.74) is 1.51. The largest absolute Gasteiger partial charge is 0.490 e. The van der Waals surface area contributed by atoms with Gasteiger partial charge in [0.1, 0.15) is 18.0 Å². The number of thiophene rings is 1. The molecule has 3 heterocycles. The Morgan fingerprint density at radius 2 is 2.32 bits per heavy atom. The van der Waals surface area contributed by atoms with E-state index >= 15 is 0 Å². The number of aryl methyl sites for hydroxylation is 1. The van der Waals surface area contributed by atoms with Crippen molar-refractivity contribution in [3.8, 4) is 16.2 Å². The molecule has 1 unspecified atom stereocenters. The summed E-state index contributed by atoms with van der Waals surface area (Å²) < 4.78 is 12.7. The van der Waals surface area contributed by atoms with E-state index in [1.807, 2.05) is 45.6 Å². The van der Waals surface area contributed by atoms with E-state index in [-0.39, 0.29) is 6.04 Å². The van der Waals surface area contributed by atoms with Crippen molar-refractivity contribution in [1.29, 1.82) is 0 Å². The van der Waals surface area contributed by atoms with E-state index < -0.39 is 11.7 Å². The lowest BCUT2D eigenvalue weighted by molar-refractivity contribution is 0.0497. The van der Waals surface area contributed by atoms with Gasteiger partial charge in [-0.2, -0.15) is 5.10 Å². The molecule has 0 bridgehead atoms. The quantitative estimate of drug-likeness (QED) is 0.923. The Morgan fingerprint density at radius 1 is 1.55 bits per heavy atom. The fraction of sp³-hybridized carbons (Fsp3) is 0.467. The molecule has 0 aliphatic carbocycles. The standard InChI is InChI=1S/C15H19N3O3S/c1-15(2,3)21-14(19)17-10-7-20-11-8-22-13(12(10)11)9-5-16-18(4)6-9/h5-6,8,10H,7H2,1-4H3,(H,17,19). The molecule has 2 aromatic rings. The van der Waals surface area contributed by atoms with Gasteiger partial charge in [-0.05, 0) is 20.8 Å².